The Kier molecular flexibility index (Phi) is 4.48. The van der Waals surface area contributed by atoms with Gasteiger partial charge in [0.05, 0.1) is 12.5 Å². The number of carbonyl (C=O) groups excluding carboxylic acids is 1. The van der Waals surface area contributed by atoms with Crippen LogP contribution in [0.15, 0.2) is 18.2 Å². The summed E-state index contributed by atoms with van der Waals surface area (Å²) in [6.07, 6.45) is 3.95. The maximum Gasteiger partial charge on any atom is 0.313 e. The third-order valence-corrected chi connectivity index (χ3v) is 4.21. The molecule has 0 saturated heterocycles. The van der Waals surface area contributed by atoms with Crippen molar-refractivity contribution in [2.45, 2.75) is 39.5 Å². The van der Waals surface area contributed by atoms with Gasteiger partial charge in [0.2, 0.25) is 0 Å². The Hall–Kier alpha value is -1.35. The molecule has 0 heterocycles. The molecule has 0 aromatic heterocycles. The van der Waals surface area contributed by atoms with Crippen molar-refractivity contribution in [1.82, 2.24) is 0 Å². The van der Waals surface area contributed by atoms with Crippen molar-refractivity contribution in [1.29, 1.82) is 0 Å². The van der Waals surface area contributed by atoms with E-state index < -0.39 is 5.41 Å². The number of methoxy groups -OCH3 is 1. The minimum absolute atomic E-state index is 0.161. The minimum atomic E-state index is -0.559. The molecular weight excluding hydrogens is 250 g/mol. The van der Waals surface area contributed by atoms with Crippen molar-refractivity contribution >= 4 is 5.97 Å². The lowest BCUT2D eigenvalue weighted by molar-refractivity contribution is -0.153. The van der Waals surface area contributed by atoms with Gasteiger partial charge in [-0.15, -0.1) is 0 Å². The molecule has 0 spiro atoms. The molecule has 110 valence electrons. The molecule has 1 unspecified atom stereocenters. The summed E-state index contributed by atoms with van der Waals surface area (Å²) in [6, 6.07) is 6.44. The number of hydrogen-bond acceptors (Lipinski definition) is 3. The summed E-state index contributed by atoms with van der Waals surface area (Å²) in [6.45, 7) is 4.52. The van der Waals surface area contributed by atoms with Crippen molar-refractivity contribution in [2.24, 2.45) is 17.1 Å². The van der Waals surface area contributed by atoms with Crippen LogP contribution in [0.5, 0.6) is 0 Å². The van der Waals surface area contributed by atoms with Gasteiger partial charge in [0.25, 0.3) is 0 Å². The molecule has 2 rings (SSSR count). The van der Waals surface area contributed by atoms with E-state index in [4.69, 9.17) is 10.5 Å². The first-order valence-corrected chi connectivity index (χ1v) is 7.35. The van der Waals surface area contributed by atoms with E-state index in [2.05, 4.69) is 32.0 Å². The number of aryl methyl sites for hydroxylation is 2. The number of benzene rings is 1. The molecule has 0 aliphatic heterocycles. The van der Waals surface area contributed by atoms with E-state index >= 15 is 0 Å². The lowest BCUT2D eigenvalue weighted by Crippen LogP contribution is -2.42. The zero-order chi connectivity index (χ0) is 14.8. The molecule has 0 amide bonds. The molecule has 1 fully saturated rings. The first-order valence-electron chi connectivity index (χ1n) is 7.35. The lowest BCUT2D eigenvalue weighted by atomic mass is 9.76. The fraction of sp³-hybridized carbons (Fsp3) is 0.588. The Morgan fingerprint density at radius 2 is 1.90 bits per heavy atom. The average Bonchev–Trinajstić information content (AvgIpc) is 3.19. The lowest BCUT2D eigenvalue weighted by Gasteiger charge is -2.30. The third kappa shape index (κ3) is 3.40. The molecular formula is C17H25NO2. The van der Waals surface area contributed by atoms with Gasteiger partial charge in [-0.1, -0.05) is 42.2 Å². The van der Waals surface area contributed by atoms with Crippen LogP contribution in [-0.2, 0) is 16.0 Å². The standard InChI is InChI=1S/C17H25NO2/c1-12-6-13(2)8-15(7-12)10-17(11-18,16(19)20-3)9-14-4-5-14/h6-8,14H,4-5,9-11,18H2,1-3H3. The van der Waals surface area contributed by atoms with Crippen LogP contribution in [0.2, 0.25) is 0 Å². The maximum absolute atomic E-state index is 12.3. The minimum Gasteiger partial charge on any atom is -0.469 e. The third-order valence-electron chi connectivity index (χ3n) is 4.21. The summed E-state index contributed by atoms with van der Waals surface area (Å²) in [5, 5.41) is 0. The molecule has 3 heteroatoms. The highest BCUT2D eigenvalue weighted by atomic mass is 16.5. The van der Waals surface area contributed by atoms with Gasteiger partial charge in [0.1, 0.15) is 0 Å². The van der Waals surface area contributed by atoms with Gasteiger partial charge in [-0.25, -0.2) is 0 Å². The Morgan fingerprint density at radius 1 is 1.30 bits per heavy atom. The van der Waals surface area contributed by atoms with Crippen molar-refractivity contribution in [3.63, 3.8) is 0 Å². The van der Waals surface area contributed by atoms with Gasteiger partial charge in [-0.3, -0.25) is 4.79 Å². The number of nitrogens with two attached hydrogens (primary N) is 1. The van der Waals surface area contributed by atoms with E-state index in [1.165, 1.54) is 36.6 Å². The van der Waals surface area contributed by atoms with Crippen molar-refractivity contribution < 1.29 is 9.53 Å². The van der Waals surface area contributed by atoms with Gasteiger partial charge in [-0.2, -0.15) is 0 Å². The van der Waals surface area contributed by atoms with E-state index in [1.807, 2.05) is 0 Å². The molecule has 2 N–H and O–H groups in total. The Labute approximate surface area is 121 Å². The average molecular weight is 275 g/mol. The highest BCUT2D eigenvalue weighted by Crippen LogP contribution is 2.42. The number of ether oxygens (including phenoxy) is 1. The van der Waals surface area contributed by atoms with E-state index in [1.54, 1.807) is 0 Å². The molecule has 20 heavy (non-hydrogen) atoms. The molecule has 1 aliphatic rings. The predicted molar refractivity (Wildman–Crippen MR) is 80.5 cm³/mol. The van der Waals surface area contributed by atoms with Crippen LogP contribution in [0.1, 0.15) is 36.0 Å². The summed E-state index contributed by atoms with van der Waals surface area (Å²) in [5.74, 6) is 0.481. The highest BCUT2D eigenvalue weighted by Gasteiger charge is 2.43. The molecule has 1 aromatic carbocycles. The van der Waals surface area contributed by atoms with Crippen LogP contribution in [0, 0.1) is 25.2 Å². The van der Waals surface area contributed by atoms with Crippen molar-refractivity contribution in [3.05, 3.63) is 34.9 Å². The topological polar surface area (TPSA) is 52.3 Å². The zero-order valence-electron chi connectivity index (χ0n) is 12.7. The summed E-state index contributed by atoms with van der Waals surface area (Å²) in [4.78, 5) is 12.3. The van der Waals surface area contributed by atoms with Crippen LogP contribution < -0.4 is 5.73 Å². The first-order chi connectivity index (χ1) is 9.49. The number of rotatable bonds is 6. The monoisotopic (exact) mass is 275 g/mol. The van der Waals surface area contributed by atoms with Crippen molar-refractivity contribution in [3.8, 4) is 0 Å². The first kappa shape index (κ1) is 15.0. The quantitative estimate of drug-likeness (QED) is 0.812. The molecule has 1 saturated carbocycles. The van der Waals surface area contributed by atoms with Gasteiger partial charge in [0, 0.05) is 6.54 Å². The maximum atomic E-state index is 12.3. The summed E-state index contributed by atoms with van der Waals surface area (Å²) >= 11 is 0. The Bertz CT molecular complexity index is 474. The molecule has 0 radical (unpaired) electrons. The van der Waals surface area contributed by atoms with E-state index in [9.17, 15) is 4.79 Å². The van der Waals surface area contributed by atoms with Crippen LogP contribution in [0.4, 0.5) is 0 Å². The van der Waals surface area contributed by atoms with Gasteiger partial charge < -0.3 is 10.5 Å². The highest BCUT2D eigenvalue weighted by molar-refractivity contribution is 5.77. The number of esters is 1. The van der Waals surface area contributed by atoms with E-state index in [0.717, 1.165) is 6.42 Å². The number of carbonyl (C=O) groups is 1. The molecule has 1 aromatic rings. The second-order valence-electron chi connectivity index (χ2n) is 6.30. The Morgan fingerprint density at radius 3 is 2.35 bits per heavy atom. The normalized spacial score (nSPS) is 17.6. The van der Waals surface area contributed by atoms with Crippen LogP contribution >= 0.6 is 0 Å². The number of hydrogen-bond donors (Lipinski definition) is 1. The van der Waals surface area contributed by atoms with Gasteiger partial charge in [0.15, 0.2) is 0 Å². The van der Waals surface area contributed by atoms with Gasteiger partial charge in [-0.05, 0) is 38.2 Å². The largest absolute Gasteiger partial charge is 0.469 e. The summed E-state index contributed by atoms with van der Waals surface area (Å²) in [7, 11) is 1.46. The fourth-order valence-electron chi connectivity index (χ4n) is 3.12. The van der Waals surface area contributed by atoms with Gasteiger partial charge >= 0.3 is 5.97 Å². The van der Waals surface area contributed by atoms with Crippen LogP contribution in [0.3, 0.4) is 0 Å². The summed E-state index contributed by atoms with van der Waals surface area (Å²) in [5.41, 5.74) is 9.05. The van der Waals surface area contributed by atoms with Crippen molar-refractivity contribution in [2.75, 3.05) is 13.7 Å². The van der Waals surface area contributed by atoms with Crippen LogP contribution in [-0.4, -0.2) is 19.6 Å². The second-order valence-corrected chi connectivity index (χ2v) is 6.30. The predicted octanol–water partition coefficient (Wildman–Crippen LogP) is 2.76. The van der Waals surface area contributed by atoms with Crippen LogP contribution in [0.25, 0.3) is 0 Å². The van der Waals surface area contributed by atoms with E-state index in [-0.39, 0.29) is 5.97 Å². The smallest absolute Gasteiger partial charge is 0.313 e. The zero-order valence-corrected chi connectivity index (χ0v) is 12.7. The Balaban J connectivity index is 2.27. The second kappa shape index (κ2) is 5.96. The summed E-state index contributed by atoms with van der Waals surface area (Å²) < 4.78 is 5.05. The molecule has 0 bridgehead atoms. The molecule has 1 atom stereocenters. The molecule has 1 aliphatic carbocycles. The SMILES string of the molecule is COC(=O)C(CN)(Cc1cc(C)cc(C)c1)CC1CC1. The van der Waals surface area contributed by atoms with E-state index in [0.29, 0.717) is 18.9 Å². The fourth-order valence-corrected chi connectivity index (χ4v) is 3.12. The molecule has 3 nitrogen and oxygen atoms in total.